The maximum Gasteiger partial charge on any atom is 0.339 e. The molecule has 1 fully saturated rings. The minimum atomic E-state index is -0.848. The molecule has 2 N–H and O–H groups in total. The van der Waals surface area contributed by atoms with E-state index in [4.69, 9.17) is 21.1 Å². The van der Waals surface area contributed by atoms with Gasteiger partial charge in [0.05, 0.1) is 11.1 Å². The highest BCUT2D eigenvalue weighted by Crippen LogP contribution is 2.35. The molecule has 2 aromatic rings. The summed E-state index contributed by atoms with van der Waals surface area (Å²) in [6, 6.07) is 12.3. The molecule has 2 amide bonds. The molecule has 1 aliphatic rings. The predicted molar refractivity (Wildman–Crippen MR) is 134 cm³/mol. The van der Waals surface area contributed by atoms with E-state index in [2.05, 4.69) is 31.6 Å². The molecule has 8 nitrogen and oxygen atoms in total. The van der Waals surface area contributed by atoms with Crippen molar-refractivity contribution in [3.63, 3.8) is 0 Å². The van der Waals surface area contributed by atoms with Gasteiger partial charge in [0.2, 0.25) is 0 Å². The quantitative estimate of drug-likeness (QED) is 0.413. The maximum absolute atomic E-state index is 13.0. The number of esters is 2. The van der Waals surface area contributed by atoms with Crippen LogP contribution in [-0.2, 0) is 14.3 Å². The number of carbonyl (C=O) groups excluding carboxylic acids is 4. The molecule has 9 heteroatoms. The summed E-state index contributed by atoms with van der Waals surface area (Å²) in [5, 5.41) is 0.472. The van der Waals surface area contributed by atoms with Crippen LogP contribution in [0.15, 0.2) is 48.5 Å². The largest absolute Gasteiger partial charge is 0.458 e. The Labute approximate surface area is 215 Å². The van der Waals surface area contributed by atoms with Crippen molar-refractivity contribution in [2.45, 2.75) is 46.1 Å². The third-order valence-corrected chi connectivity index (χ3v) is 6.59. The van der Waals surface area contributed by atoms with Gasteiger partial charge in [0.15, 0.2) is 6.61 Å². The first kappa shape index (κ1) is 27.2. The number of halogens is 1. The number of hydrogen-bond acceptors (Lipinski definition) is 6. The summed E-state index contributed by atoms with van der Waals surface area (Å²) >= 11 is 5.79. The number of carbonyl (C=O) groups is 4. The zero-order valence-corrected chi connectivity index (χ0v) is 21.3. The van der Waals surface area contributed by atoms with Gasteiger partial charge in [-0.1, -0.05) is 50.9 Å². The van der Waals surface area contributed by atoms with Crippen LogP contribution in [0.3, 0.4) is 0 Å². The number of amides is 2. The van der Waals surface area contributed by atoms with Gasteiger partial charge in [-0.25, -0.2) is 9.59 Å². The number of hydrogen-bond donors (Lipinski definition) is 2. The van der Waals surface area contributed by atoms with E-state index < -0.39 is 30.4 Å². The minimum Gasteiger partial charge on any atom is -0.458 e. The van der Waals surface area contributed by atoms with Gasteiger partial charge in [-0.05, 0) is 67.0 Å². The van der Waals surface area contributed by atoms with Crippen molar-refractivity contribution in [3.05, 3.63) is 70.2 Å². The SMILES string of the molecule is CC(C)[C@H]1CC[C@@H](C)C[C@@H]1OC(=O)c1ccccc1C(=O)OCC(=O)NNC(=O)c1ccc(Cl)cc1. The Bertz CT molecular complexity index is 1100. The van der Waals surface area contributed by atoms with Crippen LogP contribution in [0.4, 0.5) is 0 Å². The van der Waals surface area contributed by atoms with Gasteiger partial charge in [-0.15, -0.1) is 0 Å². The van der Waals surface area contributed by atoms with Crippen molar-refractivity contribution in [1.82, 2.24) is 10.9 Å². The van der Waals surface area contributed by atoms with Crippen molar-refractivity contribution in [2.75, 3.05) is 6.61 Å². The zero-order valence-electron chi connectivity index (χ0n) is 20.6. The Morgan fingerprint density at radius 3 is 2.22 bits per heavy atom. The van der Waals surface area contributed by atoms with Gasteiger partial charge >= 0.3 is 11.9 Å². The number of rotatable bonds is 7. The summed E-state index contributed by atoms with van der Waals surface area (Å²) in [5.74, 6) is -1.66. The predicted octanol–water partition coefficient (Wildman–Crippen LogP) is 4.58. The highest BCUT2D eigenvalue weighted by molar-refractivity contribution is 6.30. The van der Waals surface area contributed by atoms with Crippen LogP contribution in [0, 0.1) is 17.8 Å². The summed E-state index contributed by atoms with van der Waals surface area (Å²) in [6.45, 7) is 5.73. The smallest absolute Gasteiger partial charge is 0.339 e. The first-order valence-electron chi connectivity index (χ1n) is 12.0. The van der Waals surface area contributed by atoms with Crippen LogP contribution < -0.4 is 10.9 Å². The zero-order chi connectivity index (χ0) is 26.2. The number of hydrazine groups is 1. The molecular weight excluding hydrogens is 484 g/mol. The van der Waals surface area contributed by atoms with Crippen LogP contribution in [0.1, 0.15) is 71.1 Å². The molecule has 0 radical (unpaired) electrons. The normalized spacial score (nSPS) is 19.3. The second-order valence-electron chi connectivity index (χ2n) is 9.40. The van der Waals surface area contributed by atoms with E-state index in [0.717, 1.165) is 19.3 Å². The number of ether oxygens (including phenoxy) is 2. The summed E-state index contributed by atoms with van der Waals surface area (Å²) in [5.41, 5.74) is 4.78. The van der Waals surface area contributed by atoms with Crippen LogP contribution in [0.2, 0.25) is 5.02 Å². The summed E-state index contributed by atoms with van der Waals surface area (Å²) in [7, 11) is 0. The van der Waals surface area contributed by atoms with Gasteiger partial charge < -0.3 is 9.47 Å². The fourth-order valence-corrected chi connectivity index (χ4v) is 4.46. The van der Waals surface area contributed by atoms with E-state index in [1.807, 2.05) is 0 Å². The minimum absolute atomic E-state index is 0.00505. The summed E-state index contributed by atoms with van der Waals surface area (Å²) in [4.78, 5) is 49.8. The van der Waals surface area contributed by atoms with E-state index in [0.29, 0.717) is 16.9 Å². The molecule has 1 saturated carbocycles. The molecule has 192 valence electrons. The van der Waals surface area contributed by atoms with Crippen molar-refractivity contribution < 1.29 is 28.7 Å². The number of benzene rings is 2. The van der Waals surface area contributed by atoms with Crippen LogP contribution >= 0.6 is 11.6 Å². The average Bonchev–Trinajstić information content (AvgIpc) is 2.86. The Morgan fingerprint density at radius 2 is 1.58 bits per heavy atom. The molecule has 36 heavy (non-hydrogen) atoms. The van der Waals surface area contributed by atoms with Crippen molar-refractivity contribution >= 4 is 35.4 Å². The van der Waals surface area contributed by atoms with Gasteiger partial charge in [0.1, 0.15) is 6.10 Å². The lowest BCUT2D eigenvalue weighted by atomic mass is 9.75. The molecule has 0 bridgehead atoms. The molecular formula is C27H31ClN2O6. The lowest BCUT2D eigenvalue weighted by Gasteiger charge is -2.36. The molecule has 2 aromatic carbocycles. The summed E-state index contributed by atoms with van der Waals surface area (Å²) < 4.78 is 10.9. The molecule has 3 rings (SSSR count). The Hall–Kier alpha value is -3.39. The van der Waals surface area contributed by atoms with Gasteiger partial charge in [-0.3, -0.25) is 20.4 Å². The molecule has 1 aliphatic carbocycles. The Kier molecular flexibility index (Phi) is 9.47. The van der Waals surface area contributed by atoms with E-state index in [1.165, 1.54) is 24.3 Å². The average molecular weight is 515 g/mol. The van der Waals surface area contributed by atoms with Crippen LogP contribution in [0.25, 0.3) is 0 Å². The Morgan fingerprint density at radius 1 is 0.944 bits per heavy atom. The van der Waals surface area contributed by atoms with Gasteiger partial charge in [0.25, 0.3) is 11.8 Å². The molecule has 0 spiro atoms. The monoisotopic (exact) mass is 514 g/mol. The van der Waals surface area contributed by atoms with Crippen molar-refractivity contribution in [3.8, 4) is 0 Å². The number of nitrogens with one attached hydrogen (secondary N) is 2. The van der Waals surface area contributed by atoms with E-state index in [9.17, 15) is 19.2 Å². The third-order valence-electron chi connectivity index (χ3n) is 6.34. The highest BCUT2D eigenvalue weighted by atomic mass is 35.5. The topological polar surface area (TPSA) is 111 Å². The highest BCUT2D eigenvalue weighted by Gasteiger charge is 2.34. The fourth-order valence-electron chi connectivity index (χ4n) is 4.34. The summed E-state index contributed by atoms with van der Waals surface area (Å²) in [6.07, 6.45) is 2.65. The van der Waals surface area contributed by atoms with E-state index in [-0.39, 0.29) is 28.7 Å². The van der Waals surface area contributed by atoms with Gasteiger partial charge in [-0.2, -0.15) is 0 Å². The fraction of sp³-hybridized carbons (Fsp3) is 0.407. The Balaban J connectivity index is 1.56. The molecule has 0 heterocycles. The molecule has 0 aliphatic heterocycles. The second kappa shape index (κ2) is 12.5. The van der Waals surface area contributed by atoms with E-state index in [1.54, 1.807) is 24.3 Å². The third kappa shape index (κ3) is 7.31. The van der Waals surface area contributed by atoms with E-state index >= 15 is 0 Å². The lowest BCUT2D eigenvalue weighted by molar-refractivity contribution is -0.125. The van der Waals surface area contributed by atoms with Crippen LogP contribution in [-0.4, -0.2) is 36.5 Å². The van der Waals surface area contributed by atoms with Crippen molar-refractivity contribution in [1.29, 1.82) is 0 Å². The molecule has 3 atom stereocenters. The second-order valence-corrected chi connectivity index (χ2v) is 9.84. The van der Waals surface area contributed by atoms with Crippen LogP contribution in [0.5, 0.6) is 0 Å². The first-order chi connectivity index (χ1) is 17.2. The lowest BCUT2D eigenvalue weighted by Crippen LogP contribution is -2.43. The van der Waals surface area contributed by atoms with Gasteiger partial charge in [0, 0.05) is 10.6 Å². The van der Waals surface area contributed by atoms with Crippen molar-refractivity contribution in [2.24, 2.45) is 17.8 Å². The first-order valence-corrected chi connectivity index (χ1v) is 12.4. The maximum atomic E-state index is 13.0. The standard InChI is InChI=1S/C27H31ClN2O6/c1-16(2)20-13-8-17(3)14-23(20)36-27(34)22-7-5-4-6-21(22)26(33)35-15-24(31)29-30-25(32)18-9-11-19(28)12-10-18/h4-7,9-12,16-17,20,23H,8,13-15H2,1-3H3,(H,29,31)(H,30,32)/t17-,20-,23+/m1/s1. The molecule has 0 unspecified atom stereocenters. The molecule has 0 saturated heterocycles. The molecule has 0 aromatic heterocycles.